The molecule has 1 aliphatic heterocycles. The number of carbonyl (C=O) groups is 1. The zero-order valence-corrected chi connectivity index (χ0v) is 17.0. The summed E-state index contributed by atoms with van der Waals surface area (Å²) in [5, 5.41) is 23.3. The molecule has 3 fully saturated rings. The second-order valence-corrected chi connectivity index (χ2v) is 8.77. The predicted octanol–water partition coefficient (Wildman–Crippen LogP) is 2.63. The molecule has 0 radical (unpaired) electrons. The van der Waals surface area contributed by atoms with Gasteiger partial charge >= 0.3 is 0 Å². The maximum atomic E-state index is 14.6. The van der Waals surface area contributed by atoms with Crippen LogP contribution in [0.3, 0.4) is 0 Å². The average Bonchev–Trinajstić information content (AvgIpc) is 3.23. The summed E-state index contributed by atoms with van der Waals surface area (Å²) in [5.74, 6) is -1.25. The summed E-state index contributed by atoms with van der Waals surface area (Å²) >= 11 is 0. The van der Waals surface area contributed by atoms with Gasteiger partial charge in [0.05, 0.1) is 37.1 Å². The molecule has 164 valence electrons. The van der Waals surface area contributed by atoms with Crippen LogP contribution in [0.2, 0.25) is 0 Å². The number of nitrogens with zero attached hydrogens (tertiary/aromatic N) is 5. The third kappa shape index (κ3) is 3.12. The van der Waals surface area contributed by atoms with Gasteiger partial charge in [-0.15, -0.1) is 0 Å². The van der Waals surface area contributed by atoms with Gasteiger partial charge < -0.3 is 9.84 Å². The van der Waals surface area contributed by atoms with Gasteiger partial charge in [-0.3, -0.25) is 4.79 Å². The van der Waals surface area contributed by atoms with E-state index in [2.05, 4.69) is 15.1 Å². The molecule has 2 bridgehead atoms. The molecule has 2 heterocycles. The maximum Gasteiger partial charge on any atom is 0.249 e. The number of rotatable bonds is 6. The summed E-state index contributed by atoms with van der Waals surface area (Å²) in [4.78, 5) is 21.2. The van der Waals surface area contributed by atoms with Crippen molar-refractivity contribution in [1.29, 1.82) is 5.26 Å². The van der Waals surface area contributed by atoms with Gasteiger partial charge in [-0.25, -0.2) is 23.8 Å². The number of aromatic nitrogens is 2. The highest BCUT2D eigenvalue weighted by Crippen LogP contribution is 2.74. The van der Waals surface area contributed by atoms with E-state index >= 15 is 0 Å². The Bertz CT molecular complexity index is 1140. The Morgan fingerprint density at radius 3 is 2.69 bits per heavy atom. The molecule has 2 aromatic rings. The van der Waals surface area contributed by atoms with Crippen molar-refractivity contribution in [1.82, 2.24) is 15.0 Å². The molecule has 1 atom stereocenters. The van der Waals surface area contributed by atoms with Crippen LogP contribution in [-0.2, 0) is 11.4 Å². The first-order valence-corrected chi connectivity index (χ1v) is 10.2. The van der Waals surface area contributed by atoms with Crippen LogP contribution in [0, 0.1) is 33.8 Å². The summed E-state index contributed by atoms with van der Waals surface area (Å²) in [6.07, 6.45) is 6.44. The van der Waals surface area contributed by atoms with Gasteiger partial charge in [0.1, 0.15) is 17.7 Å². The number of nitriles is 1. The van der Waals surface area contributed by atoms with Crippen LogP contribution in [0.4, 0.5) is 8.78 Å². The lowest BCUT2D eigenvalue weighted by molar-refractivity contribution is -0.227. The number of halogens is 2. The molecule has 1 aromatic carbocycles. The SMILES string of the molecule is N#Cc1cnc(OCC23CC(C(=O)N4N=CCC4c4cc(F)c(CO)cc4F)(C2)C3)cn1. The van der Waals surface area contributed by atoms with Crippen LogP contribution in [0.5, 0.6) is 5.88 Å². The van der Waals surface area contributed by atoms with Crippen LogP contribution in [0.1, 0.15) is 48.5 Å². The highest BCUT2D eigenvalue weighted by Gasteiger charge is 2.73. The minimum Gasteiger partial charge on any atom is -0.476 e. The first-order valence-electron chi connectivity index (χ1n) is 10.2. The van der Waals surface area contributed by atoms with Crippen LogP contribution >= 0.6 is 0 Å². The van der Waals surface area contributed by atoms with E-state index in [4.69, 9.17) is 15.1 Å². The zero-order chi connectivity index (χ0) is 22.5. The van der Waals surface area contributed by atoms with E-state index in [1.165, 1.54) is 23.6 Å². The highest BCUT2D eigenvalue weighted by atomic mass is 19.1. The Kier molecular flexibility index (Phi) is 4.67. The number of aliphatic hydroxyl groups excluding tert-OH is 1. The van der Waals surface area contributed by atoms with Crippen LogP contribution in [-0.4, -0.2) is 38.8 Å². The molecule has 32 heavy (non-hydrogen) atoms. The van der Waals surface area contributed by atoms with Gasteiger partial charge in [0.2, 0.25) is 11.8 Å². The molecule has 3 aliphatic carbocycles. The maximum absolute atomic E-state index is 14.6. The fraction of sp³-hybridized carbons (Fsp3) is 0.409. The van der Waals surface area contributed by atoms with Crippen LogP contribution in [0.15, 0.2) is 29.6 Å². The van der Waals surface area contributed by atoms with Crippen molar-refractivity contribution in [3.63, 3.8) is 0 Å². The van der Waals surface area contributed by atoms with E-state index < -0.39 is 29.7 Å². The summed E-state index contributed by atoms with van der Waals surface area (Å²) in [5.41, 5.74) is -0.550. The fourth-order valence-electron chi connectivity index (χ4n) is 5.14. The Labute approximate surface area is 182 Å². The van der Waals surface area contributed by atoms with E-state index in [0.29, 0.717) is 38.2 Å². The Morgan fingerprint density at radius 2 is 2.03 bits per heavy atom. The lowest BCUT2D eigenvalue weighted by Crippen LogP contribution is -2.69. The lowest BCUT2D eigenvalue weighted by atomic mass is 9.35. The lowest BCUT2D eigenvalue weighted by Gasteiger charge is -2.69. The van der Waals surface area contributed by atoms with Crippen molar-refractivity contribution in [2.45, 2.75) is 38.3 Å². The van der Waals surface area contributed by atoms with Crippen molar-refractivity contribution in [3.05, 3.63) is 53.0 Å². The Balaban J connectivity index is 1.24. The van der Waals surface area contributed by atoms with Gasteiger partial charge in [-0.1, -0.05) is 0 Å². The number of hydrogen-bond donors (Lipinski definition) is 1. The van der Waals surface area contributed by atoms with Crippen molar-refractivity contribution >= 4 is 12.1 Å². The summed E-state index contributed by atoms with van der Waals surface area (Å²) in [6.45, 7) is -0.216. The zero-order valence-electron chi connectivity index (χ0n) is 17.0. The first-order chi connectivity index (χ1) is 15.4. The normalized spacial score (nSPS) is 27.4. The van der Waals surface area contributed by atoms with Crippen LogP contribution < -0.4 is 4.74 Å². The predicted molar refractivity (Wildman–Crippen MR) is 106 cm³/mol. The van der Waals surface area contributed by atoms with Gasteiger partial charge in [-0.2, -0.15) is 10.4 Å². The molecule has 8 nitrogen and oxygen atoms in total. The number of carbonyl (C=O) groups excluding carboxylic acids is 1. The number of aliphatic hydroxyl groups is 1. The third-order valence-electron chi connectivity index (χ3n) is 6.60. The van der Waals surface area contributed by atoms with Crippen molar-refractivity contribution in [2.24, 2.45) is 15.9 Å². The molecule has 1 amide bonds. The number of benzene rings is 1. The highest BCUT2D eigenvalue weighted by molar-refractivity contribution is 5.88. The molecule has 1 aromatic heterocycles. The minimum atomic E-state index is -0.712. The van der Waals surface area contributed by atoms with Crippen molar-refractivity contribution in [2.75, 3.05) is 6.61 Å². The van der Waals surface area contributed by atoms with Crippen molar-refractivity contribution < 1.29 is 23.4 Å². The third-order valence-corrected chi connectivity index (χ3v) is 6.60. The average molecular weight is 439 g/mol. The number of amides is 1. The number of hydrazone groups is 1. The molecule has 1 N–H and O–H groups in total. The first kappa shape index (κ1) is 20.5. The monoisotopic (exact) mass is 439 g/mol. The molecule has 6 rings (SSSR count). The van der Waals surface area contributed by atoms with Gasteiger partial charge in [-0.05, 0) is 31.4 Å². The molecular formula is C22H19F2N5O3. The van der Waals surface area contributed by atoms with Crippen LogP contribution in [0.25, 0.3) is 0 Å². The minimum absolute atomic E-state index is 0.0505. The van der Waals surface area contributed by atoms with E-state index in [1.54, 1.807) is 0 Å². The van der Waals surface area contributed by atoms with E-state index in [1.807, 2.05) is 6.07 Å². The smallest absolute Gasteiger partial charge is 0.249 e. The Hall–Kier alpha value is -3.45. The summed E-state index contributed by atoms with van der Waals surface area (Å²) < 4.78 is 34.4. The molecule has 1 unspecified atom stereocenters. The van der Waals surface area contributed by atoms with Gasteiger partial charge in [0.15, 0.2) is 5.69 Å². The molecule has 10 heteroatoms. The van der Waals surface area contributed by atoms with E-state index in [0.717, 1.165) is 12.1 Å². The largest absolute Gasteiger partial charge is 0.476 e. The van der Waals surface area contributed by atoms with Crippen molar-refractivity contribution in [3.8, 4) is 11.9 Å². The van der Waals surface area contributed by atoms with Gasteiger partial charge in [0.25, 0.3) is 0 Å². The summed E-state index contributed by atoms with van der Waals surface area (Å²) in [7, 11) is 0. The molecule has 0 spiro atoms. The van der Waals surface area contributed by atoms with Gasteiger partial charge in [0, 0.05) is 29.2 Å². The number of hydrogen-bond acceptors (Lipinski definition) is 7. The van der Waals surface area contributed by atoms with E-state index in [9.17, 15) is 13.6 Å². The second kappa shape index (κ2) is 7.31. The molecule has 4 aliphatic rings. The molecule has 0 saturated heterocycles. The second-order valence-electron chi connectivity index (χ2n) is 8.77. The quantitative estimate of drug-likeness (QED) is 0.741. The summed E-state index contributed by atoms with van der Waals surface area (Å²) in [6, 6.07) is 3.18. The number of ether oxygens (including phenoxy) is 1. The van der Waals surface area contributed by atoms with E-state index in [-0.39, 0.29) is 28.1 Å². The Morgan fingerprint density at radius 1 is 1.25 bits per heavy atom. The standard InChI is InChI=1S/C22H19F2N5O3/c23-16-4-15(17(24)3-13(16)8-30)18-1-2-28-29(18)20(31)22-9-21(10-22,11-22)12-32-19-7-26-14(5-25)6-27-19/h2-4,6-7,18,30H,1,8-12H2. The molecular weight excluding hydrogens is 420 g/mol. The topological polar surface area (TPSA) is 112 Å². The fourth-order valence-corrected chi connectivity index (χ4v) is 5.14. The molecule has 3 saturated carbocycles.